The summed E-state index contributed by atoms with van der Waals surface area (Å²) < 4.78 is 5.68. The Morgan fingerprint density at radius 3 is 2.42 bits per heavy atom. The molecule has 1 amide bonds. The molecule has 128 valence electrons. The van der Waals surface area contributed by atoms with Crippen LogP contribution in [0.15, 0.2) is 48.5 Å². The average Bonchev–Trinajstić information content (AvgIpc) is 2.60. The molecule has 0 aromatic heterocycles. The number of hydrogen-bond acceptors (Lipinski definition) is 3. The Hall–Kier alpha value is -2.49. The van der Waals surface area contributed by atoms with Crippen molar-refractivity contribution < 1.29 is 14.6 Å². The van der Waals surface area contributed by atoms with Gasteiger partial charge in [-0.05, 0) is 54.8 Å². The first-order valence-electron chi connectivity index (χ1n) is 8.48. The molecule has 0 radical (unpaired) electrons. The number of ether oxygens (including phenoxy) is 1. The number of phenols is 1. The summed E-state index contributed by atoms with van der Waals surface area (Å²) in [5.41, 5.74) is 1.70. The van der Waals surface area contributed by atoms with Crippen LogP contribution in [-0.2, 0) is 6.42 Å². The van der Waals surface area contributed by atoms with E-state index < -0.39 is 0 Å². The van der Waals surface area contributed by atoms with E-state index >= 15 is 0 Å². The van der Waals surface area contributed by atoms with Crippen LogP contribution >= 0.6 is 0 Å². The van der Waals surface area contributed by atoms with E-state index in [1.165, 1.54) is 25.0 Å². The molecular weight excluding hydrogens is 302 g/mol. The van der Waals surface area contributed by atoms with Gasteiger partial charge in [-0.2, -0.15) is 0 Å². The van der Waals surface area contributed by atoms with Crippen LogP contribution in [0.2, 0.25) is 0 Å². The van der Waals surface area contributed by atoms with Crippen LogP contribution in [0, 0.1) is 0 Å². The molecule has 2 N–H and O–H groups in total. The summed E-state index contributed by atoms with van der Waals surface area (Å²) >= 11 is 0. The minimum Gasteiger partial charge on any atom is -0.508 e. The summed E-state index contributed by atoms with van der Waals surface area (Å²) in [5.74, 6) is 0.914. The third-order valence-corrected chi connectivity index (χ3v) is 3.77. The van der Waals surface area contributed by atoms with E-state index in [0.717, 1.165) is 30.8 Å². The second-order valence-corrected chi connectivity index (χ2v) is 5.75. The van der Waals surface area contributed by atoms with Gasteiger partial charge < -0.3 is 15.2 Å². The van der Waals surface area contributed by atoms with Crippen molar-refractivity contribution in [2.24, 2.45) is 0 Å². The molecule has 4 heteroatoms. The lowest BCUT2D eigenvalue weighted by molar-refractivity contribution is 0.0954. The molecule has 0 aliphatic rings. The molecule has 4 nitrogen and oxygen atoms in total. The van der Waals surface area contributed by atoms with Crippen molar-refractivity contribution in [3.8, 4) is 11.5 Å². The van der Waals surface area contributed by atoms with Crippen molar-refractivity contribution in [1.29, 1.82) is 0 Å². The maximum absolute atomic E-state index is 12.0. The van der Waals surface area contributed by atoms with Crippen LogP contribution < -0.4 is 10.1 Å². The molecule has 24 heavy (non-hydrogen) atoms. The lowest BCUT2D eigenvalue weighted by Gasteiger charge is -2.08. The van der Waals surface area contributed by atoms with E-state index in [9.17, 15) is 9.90 Å². The van der Waals surface area contributed by atoms with Crippen molar-refractivity contribution in [2.45, 2.75) is 32.6 Å². The van der Waals surface area contributed by atoms with Crippen LogP contribution in [0.4, 0.5) is 0 Å². The highest BCUT2D eigenvalue weighted by Gasteiger charge is 2.04. The predicted octanol–water partition coefficient (Wildman–Crippen LogP) is 3.93. The second kappa shape index (κ2) is 9.60. The monoisotopic (exact) mass is 327 g/mol. The first-order valence-corrected chi connectivity index (χ1v) is 8.48. The number of hydrogen-bond donors (Lipinski definition) is 2. The standard InChI is InChI=1S/C20H25NO3/c1-2-3-4-15-24-19-11-5-16(6-12-19)13-14-21-20(23)17-7-9-18(22)10-8-17/h5-12,22H,2-4,13-15H2,1H3,(H,21,23). The molecule has 0 spiro atoms. The van der Waals surface area contributed by atoms with Gasteiger partial charge in [-0.3, -0.25) is 4.79 Å². The van der Waals surface area contributed by atoms with Crippen molar-refractivity contribution in [2.75, 3.05) is 13.2 Å². The quantitative estimate of drug-likeness (QED) is 0.686. The number of phenolic OH excluding ortho intramolecular Hbond substituents is 1. The minimum atomic E-state index is -0.133. The van der Waals surface area contributed by atoms with Crippen LogP contribution in [0.3, 0.4) is 0 Å². The predicted molar refractivity (Wildman–Crippen MR) is 95.6 cm³/mol. The Labute approximate surface area is 143 Å². The molecular formula is C20H25NO3. The summed E-state index contributed by atoms with van der Waals surface area (Å²) in [6.07, 6.45) is 4.23. The highest BCUT2D eigenvalue weighted by molar-refractivity contribution is 5.94. The fourth-order valence-electron chi connectivity index (χ4n) is 2.33. The number of unbranched alkanes of at least 4 members (excludes halogenated alkanes) is 2. The Bertz CT molecular complexity index is 620. The zero-order valence-corrected chi connectivity index (χ0v) is 14.1. The van der Waals surface area contributed by atoms with Gasteiger partial charge in [0.15, 0.2) is 0 Å². The molecule has 0 aliphatic heterocycles. The van der Waals surface area contributed by atoms with E-state index in [0.29, 0.717) is 12.1 Å². The summed E-state index contributed by atoms with van der Waals surface area (Å²) in [7, 11) is 0. The maximum Gasteiger partial charge on any atom is 0.251 e. The molecule has 0 saturated heterocycles. The SMILES string of the molecule is CCCCCOc1ccc(CCNC(=O)c2ccc(O)cc2)cc1. The van der Waals surface area contributed by atoms with Crippen LogP contribution in [0.25, 0.3) is 0 Å². The highest BCUT2D eigenvalue weighted by atomic mass is 16.5. The third kappa shape index (κ3) is 5.95. The van der Waals surface area contributed by atoms with Gasteiger partial charge in [0.1, 0.15) is 11.5 Å². The van der Waals surface area contributed by atoms with E-state index in [2.05, 4.69) is 12.2 Å². The number of rotatable bonds is 9. The van der Waals surface area contributed by atoms with E-state index in [-0.39, 0.29) is 11.7 Å². The van der Waals surface area contributed by atoms with Gasteiger partial charge in [0, 0.05) is 12.1 Å². The highest BCUT2D eigenvalue weighted by Crippen LogP contribution is 2.13. The zero-order chi connectivity index (χ0) is 17.2. The largest absolute Gasteiger partial charge is 0.508 e. The molecule has 0 saturated carbocycles. The number of aromatic hydroxyl groups is 1. The molecule has 0 heterocycles. The van der Waals surface area contributed by atoms with Gasteiger partial charge in [0.05, 0.1) is 6.61 Å². The third-order valence-electron chi connectivity index (χ3n) is 3.77. The molecule has 2 aromatic rings. The van der Waals surface area contributed by atoms with Crippen LogP contribution in [0.5, 0.6) is 11.5 Å². The van der Waals surface area contributed by atoms with E-state index in [1.807, 2.05) is 24.3 Å². The molecule has 2 aromatic carbocycles. The summed E-state index contributed by atoms with van der Waals surface area (Å²) in [5, 5.41) is 12.1. The number of carbonyl (C=O) groups excluding carboxylic acids is 1. The molecule has 0 unspecified atom stereocenters. The van der Waals surface area contributed by atoms with E-state index in [4.69, 9.17) is 4.74 Å². The smallest absolute Gasteiger partial charge is 0.251 e. The Balaban J connectivity index is 1.72. The summed E-state index contributed by atoms with van der Waals surface area (Å²) in [6, 6.07) is 14.2. The minimum absolute atomic E-state index is 0.133. The van der Waals surface area contributed by atoms with E-state index in [1.54, 1.807) is 12.1 Å². The van der Waals surface area contributed by atoms with Gasteiger partial charge in [0.25, 0.3) is 5.91 Å². The zero-order valence-electron chi connectivity index (χ0n) is 14.1. The van der Waals surface area contributed by atoms with Gasteiger partial charge in [0.2, 0.25) is 0 Å². The summed E-state index contributed by atoms with van der Waals surface area (Å²) in [6.45, 7) is 3.50. The van der Waals surface area contributed by atoms with Crippen LogP contribution in [-0.4, -0.2) is 24.2 Å². The molecule has 0 atom stereocenters. The number of benzene rings is 2. The van der Waals surface area contributed by atoms with Gasteiger partial charge in [-0.15, -0.1) is 0 Å². The number of amides is 1. The van der Waals surface area contributed by atoms with Crippen molar-refractivity contribution in [3.63, 3.8) is 0 Å². The molecule has 0 aliphatic carbocycles. The maximum atomic E-state index is 12.0. The fraction of sp³-hybridized carbons (Fsp3) is 0.350. The first-order chi connectivity index (χ1) is 11.7. The molecule has 2 rings (SSSR count). The Morgan fingerprint density at radius 1 is 1.04 bits per heavy atom. The summed E-state index contributed by atoms with van der Waals surface area (Å²) in [4.78, 5) is 12.0. The normalized spacial score (nSPS) is 10.4. The lowest BCUT2D eigenvalue weighted by atomic mass is 10.1. The Kier molecular flexibility index (Phi) is 7.15. The Morgan fingerprint density at radius 2 is 1.75 bits per heavy atom. The molecule has 0 bridgehead atoms. The van der Waals surface area contributed by atoms with Crippen molar-refractivity contribution in [3.05, 3.63) is 59.7 Å². The average molecular weight is 327 g/mol. The lowest BCUT2D eigenvalue weighted by Crippen LogP contribution is -2.25. The van der Waals surface area contributed by atoms with Crippen LogP contribution in [0.1, 0.15) is 42.1 Å². The first kappa shape index (κ1) is 17.9. The van der Waals surface area contributed by atoms with Gasteiger partial charge in [-0.25, -0.2) is 0 Å². The number of carbonyl (C=O) groups is 1. The van der Waals surface area contributed by atoms with Crippen molar-refractivity contribution >= 4 is 5.91 Å². The fourth-order valence-corrected chi connectivity index (χ4v) is 2.33. The van der Waals surface area contributed by atoms with Crippen molar-refractivity contribution in [1.82, 2.24) is 5.32 Å². The topological polar surface area (TPSA) is 58.6 Å². The number of nitrogens with one attached hydrogen (secondary N) is 1. The molecule has 0 fully saturated rings. The van der Waals surface area contributed by atoms with Gasteiger partial charge >= 0.3 is 0 Å². The second-order valence-electron chi connectivity index (χ2n) is 5.75. The van der Waals surface area contributed by atoms with Gasteiger partial charge in [-0.1, -0.05) is 31.9 Å².